The van der Waals surface area contributed by atoms with Gasteiger partial charge in [0.25, 0.3) is 0 Å². The summed E-state index contributed by atoms with van der Waals surface area (Å²) < 4.78 is 12.0. The maximum absolute atomic E-state index is 6.48. The SMILES string of the molecule is c1cc(NC2CCC(Oc3cc(N4CCOCC4)cc4nccnc34)CC2)ncn1. The molecule has 1 aliphatic carbocycles. The van der Waals surface area contributed by atoms with Crippen LogP contribution in [0.25, 0.3) is 11.0 Å². The highest BCUT2D eigenvalue weighted by molar-refractivity contribution is 5.85. The lowest BCUT2D eigenvalue weighted by Crippen LogP contribution is -2.36. The molecular weight excluding hydrogens is 380 g/mol. The van der Waals surface area contributed by atoms with Crippen molar-refractivity contribution in [1.82, 2.24) is 19.9 Å². The molecule has 3 heterocycles. The minimum absolute atomic E-state index is 0.179. The highest BCUT2D eigenvalue weighted by atomic mass is 16.5. The molecule has 3 aromatic rings. The van der Waals surface area contributed by atoms with Crippen LogP contribution in [0.15, 0.2) is 43.1 Å². The largest absolute Gasteiger partial charge is 0.488 e. The number of nitrogens with zero attached hydrogens (tertiary/aromatic N) is 5. The molecule has 0 atom stereocenters. The molecule has 1 saturated heterocycles. The van der Waals surface area contributed by atoms with Gasteiger partial charge in [0.05, 0.1) is 24.8 Å². The molecule has 0 amide bonds. The quantitative estimate of drug-likeness (QED) is 0.692. The Morgan fingerprint density at radius 3 is 2.60 bits per heavy atom. The normalized spacial score (nSPS) is 22.1. The summed E-state index contributed by atoms with van der Waals surface area (Å²) in [5.74, 6) is 1.71. The van der Waals surface area contributed by atoms with Gasteiger partial charge >= 0.3 is 0 Å². The van der Waals surface area contributed by atoms with Gasteiger partial charge in [-0.2, -0.15) is 0 Å². The van der Waals surface area contributed by atoms with Gasteiger partial charge in [0, 0.05) is 49.5 Å². The van der Waals surface area contributed by atoms with Crippen LogP contribution in [0.4, 0.5) is 11.5 Å². The van der Waals surface area contributed by atoms with Crippen molar-refractivity contribution in [1.29, 1.82) is 0 Å². The minimum atomic E-state index is 0.179. The first-order valence-corrected chi connectivity index (χ1v) is 10.6. The summed E-state index contributed by atoms with van der Waals surface area (Å²) in [5, 5.41) is 3.50. The zero-order chi connectivity index (χ0) is 20.2. The van der Waals surface area contributed by atoms with E-state index in [2.05, 4.69) is 42.3 Å². The highest BCUT2D eigenvalue weighted by Gasteiger charge is 2.24. The Labute approximate surface area is 175 Å². The fourth-order valence-corrected chi connectivity index (χ4v) is 4.21. The Hall–Kier alpha value is -3.00. The van der Waals surface area contributed by atoms with E-state index >= 15 is 0 Å². The van der Waals surface area contributed by atoms with Crippen molar-refractivity contribution in [2.24, 2.45) is 0 Å². The monoisotopic (exact) mass is 406 g/mol. The Kier molecular flexibility index (Phi) is 5.56. The fraction of sp³-hybridized carbons (Fsp3) is 0.455. The summed E-state index contributed by atoms with van der Waals surface area (Å²) in [4.78, 5) is 19.6. The lowest BCUT2D eigenvalue weighted by Gasteiger charge is -2.31. The Morgan fingerprint density at radius 2 is 1.80 bits per heavy atom. The number of anilines is 2. The van der Waals surface area contributed by atoms with Crippen molar-refractivity contribution in [2.45, 2.75) is 37.8 Å². The molecule has 0 bridgehead atoms. The lowest BCUT2D eigenvalue weighted by atomic mass is 9.93. The number of fused-ring (bicyclic) bond motifs is 1. The predicted molar refractivity (Wildman–Crippen MR) is 115 cm³/mol. The number of hydrogen-bond acceptors (Lipinski definition) is 8. The second-order valence-electron chi connectivity index (χ2n) is 7.80. The predicted octanol–water partition coefficient (Wildman–Crippen LogP) is 3.06. The zero-order valence-electron chi connectivity index (χ0n) is 16.9. The molecule has 0 spiro atoms. The molecule has 1 aromatic carbocycles. The summed E-state index contributed by atoms with van der Waals surface area (Å²) in [6, 6.07) is 6.54. The highest BCUT2D eigenvalue weighted by Crippen LogP contribution is 2.33. The van der Waals surface area contributed by atoms with E-state index in [1.165, 1.54) is 0 Å². The van der Waals surface area contributed by atoms with Gasteiger partial charge in [-0.3, -0.25) is 4.98 Å². The van der Waals surface area contributed by atoms with Gasteiger partial charge in [0.1, 0.15) is 23.4 Å². The van der Waals surface area contributed by atoms with Crippen molar-refractivity contribution >= 4 is 22.5 Å². The van der Waals surface area contributed by atoms with E-state index in [1.807, 2.05) is 6.07 Å². The van der Waals surface area contributed by atoms with Crippen molar-refractivity contribution in [3.63, 3.8) is 0 Å². The molecule has 0 radical (unpaired) electrons. The van der Waals surface area contributed by atoms with E-state index in [4.69, 9.17) is 9.47 Å². The second kappa shape index (κ2) is 8.79. The number of ether oxygens (including phenoxy) is 2. The maximum atomic E-state index is 6.48. The number of rotatable bonds is 5. The van der Waals surface area contributed by atoms with E-state index in [0.29, 0.717) is 6.04 Å². The van der Waals surface area contributed by atoms with Crippen LogP contribution in [-0.2, 0) is 4.74 Å². The molecule has 30 heavy (non-hydrogen) atoms. The average molecular weight is 406 g/mol. The van der Waals surface area contributed by atoms with Crippen molar-refractivity contribution in [3.05, 3.63) is 43.1 Å². The number of benzene rings is 1. The molecule has 2 aliphatic rings. The van der Waals surface area contributed by atoms with Crippen LogP contribution >= 0.6 is 0 Å². The maximum Gasteiger partial charge on any atom is 0.149 e. The van der Waals surface area contributed by atoms with Gasteiger partial charge in [-0.1, -0.05) is 0 Å². The number of aromatic nitrogens is 4. The molecule has 0 unspecified atom stereocenters. The van der Waals surface area contributed by atoms with Crippen molar-refractivity contribution < 1.29 is 9.47 Å². The molecule has 8 nitrogen and oxygen atoms in total. The van der Waals surface area contributed by atoms with E-state index in [-0.39, 0.29) is 6.10 Å². The molecule has 2 fully saturated rings. The standard InChI is InChI=1S/C22H26N6O2/c1-3-18(4-2-16(1)27-21-5-6-23-15-26-21)30-20-14-17(28-9-11-29-12-10-28)13-19-22(20)25-8-7-24-19/h5-8,13-16,18H,1-4,9-12H2,(H,23,26,27). The first-order valence-electron chi connectivity index (χ1n) is 10.6. The molecule has 2 aromatic heterocycles. The molecule has 8 heteroatoms. The van der Waals surface area contributed by atoms with E-state index < -0.39 is 0 Å². The van der Waals surface area contributed by atoms with E-state index in [1.54, 1.807) is 24.9 Å². The molecule has 1 N–H and O–H groups in total. The molecule has 1 saturated carbocycles. The van der Waals surface area contributed by atoms with E-state index in [9.17, 15) is 0 Å². The lowest BCUT2D eigenvalue weighted by molar-refractivity contribution is 0.122. The zero-order valence-corrected chi connectivity index (χ0v) is 16.9. The molecule has 1 aliphatic heterocycles. The topological polar surface area (TPSA) is 85.3 Å². The van der Waals surface area contributed by atoms with Gasteiger partial charge in [-0.15, -0.1) is 0 Å². The Morgan fingerprint density at radius 1 is 0.967 bits per heavy atom. The van der Waals surface area contributed by atoms with Crippen LogP contribution in [0, 0.1) is 0 Å². The van der Waals surface area contributed by atoms with Gasteiger partial charge in [-0.05, 0) is 37.8 Å². The Balaban J connectivity index is 1.29. The summed E-state index contributed by atoms with van der Waals surface area (Å²) in [7, 11) is 0. The second-order valence-corrected chi connectivity index (χ2v) is 7.80. The third-order valence-corrected chi connectivity index (χ3v) is 5.80. The van der Waals surface area contributed by atoms with Gasteiger partial charge < -0.3 is 19.7 Å². The van der Waals surface area contributed by atoms with Crippen molar-refractivity contribution in [3.8, 4) is 5.75 Å². The molecule has 5 rings (SSSR count). The van der Waals surface area contributed by atoms with Crippen LogP contribution in [0.5, 0.6) is 5.75 Å². The number of nitrogens with one attached hydrogen (secondary N) is 1. The summed E-state index contributed by atoms with van der Waals surface area (Å²) in [6.07, 6.45) is 11.0. The van der Waals surface area contributed by atoms with Crippen LogP contribution in [0.2, 0.25) is 0 Å². The van der Waals surface area contributed by atoms with Crippen LogP contribution < -0.4 is 15.0 Å². The first kappa shape index (κ1) is 19.0. The summed E-state index contributed by atoms with van der Waals surface area (Å²) in [5.41, 5.74) is 2.83. The summed E-state index contributed by atoms with van der Waals surface area (Å²) >= 11 is 0. The minimum Gasteiger partial charge on any atom is -0.488 e. The van der Waals surface area contributed by atoms with Crippen LogP contribution in [0.1, 0.15) is 25.7 Å². The summed E-state index contributed by atoms with van der Waals surface area (Å²) in [6.45, 7) is 3.26. The third kappa shape index (κ3) is 4.28. The fourth-order valence-electron chi connectivity index (χ4n) is 4.21. The van der Waals surface area contributed by atoms with Crippen molar-refractivity contribution in [2.75, 3.05) is 36.5 Å². The first-order chi connectivity index (χ1) is 14.8. The number of hydrogen-bond donors (Lipinski definition) is 1. The molecular formula is C22H26N6O2. The van der Waals surface area contributed by atoms with Crippen LogP contribution in [-0.4, -0.2) is 58.4 Å². The van der Waals surface area contributed by atoms with Gasteiger partial charge in [-0.25, -0.2) is 15.0 Å². The number of morpholine rings is 1. The van der Waals surface area contributed by atoms with E-state index in [0.717, 1.165) is 80.3 Å². The van der Waals surface area contributed by atoms with Gasteiger partial charge in [0.2, 0.25) is 0 Å². The average Bonchev–Trinajstić information content (AvgIpc) is 2.81. The molecule has 156 valence electrons. The smallest absolute Gasteiger partial charge is 0.149 e. The Bertz CT molecular complexity index is 972. The third-order valence-electron chi connectivity index (χ3n) is 5.80. The van der Waals surface area contributed by atoms with Gasteiger partial charge in [0.15, 0.2) is 0 Å². The van der Waals surface area contributed by atoms with Crippen LogP contribution in [0.3, 0.4) is 0 Å².